The minimum absolute atomic E-state index is 0.561. The number of hydrogen-bond donors (Lipinski definition) is 1. The highest BCUT2D eigenvalue weighted by atomic mass is 15.3. The summed E-state index contributed by atoms with van der Waals surface area (Å²) in [4.78, 5) is 2.66. The Bertz CT molecular complexity index is 204. The van der Waals surface area contributed by atoms with E-state index in [1.807, 2.05) is 0 Å². The maximum atomic E-state index is 3.55. The summed E-state index contributed by atoms with van der Waals surface area (Å²) in [6, 6.07) is 0. The molecule has 1 atom stereocenters. The van der Waals surface area contributed by atoms with Gasteiger partial charge >= 0.3 is 0 Å². The van der Waals surface area contributed by atoms with Gasteiger partial charge in [-0.1, -0.05) is 79.6 Å². The van der Waals surface area contributed by atoms with Crippen molar-refractivity contribution in [3.63, 3.8) is 0 Å². The molecule has 0 radical (unpaired) electrons. The summed E-state index contributed by atoms with van der Waals surface area (Å²) in [6.07, 6.45) is 11.7. The molecule has 1 N–H and O–H groups in total. The Hall–Kier alpha value is -0.0800. The van der Waals surface area contributed by atoms with Gasteiger partial charge in [-0.05, 0) is 25.3 Å². The molecule has 0 bridgehead atoms. The van der Waals surface area contributed by atoms with Gasteiger partial charge in [0, 0.05) is 13.1 Å². The first kappa shape index (κ1) is 20.9. The average Bonchev–Trinajstić information content (AvgIpc) is 2.40. The van der Waals surface area contributed by atoms with E-state index in [1.165, 1.54) is 64.5 Å². The Morgan fingerprint density at radius 3 is 1.67 bits per heavy atom. The largest absolute Gasteiger partial charge is 0.305 e. The summed E-state index contributed by atoms with van der Waals surface area (Å²) in [5.74, 6) is 1.49. The van der Waals surface area contributed by atoms with E-state index in [-0.39, 0.29) is 0 Å². The average molecular weight is 299 g/mol. The molecule has 0 fully saturated rings. The highest BCUT2D eigenvalue weighted by Crippen LogP contribution is 2.14. The van der Waals surface area contributed by atoms with Crippen LogP contribution in [0.1, 0.15) is 86.0 Å². The smallest absolute Gasteiger partial charge is 0.0594 e. The normalized spacial score (nSPS) is 13.6. The van der Waals surface area contributed by atoms with E-state index < -0.39 is 0 Å². The zero-order valence-corrected chi connectivity index (χ0v) is 15.8. The van der Waals surface area contributed by atoms with Gasteiger partial charge in [-0.2, -0.15) is 0 Å². The van der Waals surface area contributed by atoms with E-state index in [0.29, 0.717) is 6.17 Å². The fraction of sp³-hybridized carbons (Fsp3) is 1.00. The second-order valence-electron chi connectivity index (χ2n) is 7.46. The van der Waals surface area contributed by atoms with Crippen molar-refractivity contribution in [1.29, 1.82) is 0 Å². The zero-order valence-electron chi connectivity index (χ0n) is 15.8. The van der Waals surface area contributed by atoms with Crippen LogP contribution in [-0.2, 0) is 0 Å². The number of hydrogen-bond acceptors (Lipinski definition) is 2. The first-order valence-electron chi connectivity index (χ1n) is 9.42. The van der Waals surface area contributed by atoms with E-state index in [2.05, 4.69) is 51.9 Å². The number of nitrogens with zero attached hydrogens (tertiary/aromatic N) is 1. The standard InChI is InChI=1S/C19H42N2/c1-7-8-9-10-11-12-13-14-19(20-6)21(15-17(2)3)16-18(4)5/h17-20H,7-16H2,1-6H3. The predicted molar refractivity (Wildman–Crippen MR) is 96.7 cm³/mol. The van der Waals surface area contributed by atoms with Gasteiger partial charge in [-0.3, -0.25) is 4.90 Å². The van der Waals surface area contributed by atoms with Crippen molar-refractivity contribution in [3.05, 3.63) is 0 Å². The third-order valence-corrected chi connectivity index (χ3v) is 4.05. The lowest BCUT2D eigenvalue weighted by Gasteiger charge is -2.34. The topological polar surface area (TPSA) is 15.3 Å². The molecule has 0 aromatic rings. The van der Waals surface area contributed by atoms with Crippen LogP contribution in [0.25, 0.3) is 0 Å². The van der Waals surface area contributed by atoms with E-state index >= 15 is 0 Å². The molecule has 2 nitrogen and oxygen atoms in total. The lowest BCUT2D eigenvalue weighted by molar-refractivity contribution is 0.127. The van der Waals surface area contributed by atoms with Gasteiger partial charge in [0.15, 0.2) is 0 Å². The molecule has 0 amide bonds. The van der Waals surface area contributed by atoms with Gasteiger partial charge < -0.3 is 5.32 Å². The lowest BCUT2D eigenvalue weighted by atomic mass is 10.1. The molecule has 0 spiro atoms. The van der Waals surface area contributed by atoms with Crippen molar-refractivity contribution in [1.82, 2.24) is 10.2 Å². The summed E-state index contributed by atoms with van der Waals surface area (Å²) in [5.41, 5.74) is 0. The molecule has 0 aliphatic rings. The molecule has 0 heterocycles. The Morgan fingerprint density at radius 1 is 0.762 bits per heavy atom. The van der Waals surface area contributed by atoms with Crippen LogP contribution in [0.5, 0.6) is 0 Å². The zero-order chi connectivity index (χ0) is 16.1. The number of nitrogens with one attached hydrogen (secondary N) is 1. The van der Waals surface area contributed by atoms with Gasteiger partial charge in [0.2, 0.25) is 0 Å². The van der Waals surface area contributed by atoms with Crippen LogP contribution in [0.3, 0.4) is 0 Å². The van der Waals surface area contributed by atoms with Gasteiger partial charge in [0.05, 0.1) is 6.17 Å². The van der Waals surface area contributed by atoms with Crippen molar-refractivity contribution in [2.24, 2.45) is 11.8 Å². The van der Waals surface area contributed by atoms with E-state index in [9.17, 15) is 0 Å². The first-order valence-corrected chi connectivity index (χ1v) is 9.42. The Kier molecular flexibility index (Phi) is 13.5. The van der Waals surface area contributed by atoms with Gasteiger partial charge in [0.1, 0.15) is 0 Å². The summed E-state index contributed by atoms with van der Waals surface area (Å²) in [5, 5.41) is 3.55. The quantitative estimate of drug-likeness (QED) is 0.346. The lowest BCUT2D eigenvalue weighted by Crippen LogP contribution is -2.47. The SMILES string of the molecule is CCCCCCCCCC(NC)N(CC(C)C)CC(C)C. The molecular weight excluding hydrogens is 256 g/mol. The Labute approximate surface area is 135 Å². The molecule has 2 heteroatoms. The molecule has 0 aliphatic heterocycles. The minimum Gasteiger partial charge on any atom is -0.305 e. The third-order valence-electron chi connectivity index (χ3n) is 4.05. The monoisotopic (exact) mass is 298 g/mol. The van der Waals surface area contributed by atoms with Crippen molar-refractivity contribution < 1.29 is 0 Å². The van der Waals surface area contributed by atoms with Crippen LogP contribution >= 0.6 is 0 Å². The van der Waals surface area contributed by atoms with Crippen LogP contribution in [0.15, 0.2) is 0 Å². The van der Waals surface area contributed by atoms with Gasteiger partial charge in [-0.25, -0.2) is 0 Å². The van der Waals surface area contributed by atoms with Crippen LogP contribution in [0.4, 0.5) is 0 Å². The Morgan fingerprint density at radius 2 is 1.24 bits per heavy atom. The molecule has 0 saturated heterocycles. The highest BCUT2D eigenvalue weighted by Gasteiger charge is 2.18. The molecule has 1 unspecified atom stereocenters. The maximum absolute atomic E-state index is 3.55. The number of rotatable bonds is 14. The summed E-state index contributed by atoms with van der Waals surface area (Å²) >= 11 is 0. The summed E-state index contributed by atoms with van der Waals surface area (Å²) < 4.78 is 0. The highest BCUT2D eigenvalue weighted by molar-refractivity contribution is 4.71. The predicted octanol–water partition coefficient (Wildman–Crippen LogP) is 5.29. The molecule has 0 aromatic heterocycles. The molecule has 0 saturated carbocycles. The third kappa shape index (κ3) is 12.2. The summed E-state index contributed by atoms with van der Waals surface area (Å²) in [6.45, 7) is 14.0. The molecule has 0 rings (SSSR count). The van der Waals surface area contributed by atoms with Gasteiger partial charge in [0.25, 0.3) is 0 Å². The Balaban J connectivity index is 4.01. The molecule has 128 valence electrons. The van der Waals surface area contributed by atoms with Crippen LogP contribution in [-0.4, -0.2) is 31.2 Å². The van der Waals surface area contributed by atoms with E-state index in [4.69, 9.17) is 0 Å². The molecule has 21 heavy (non-hydrogen) atoms. The van der Waals surface area contributed by atoms with Crippen LogP contribution in [0, 0.1) is 11.8 Å². The fourth-order valence-electron chi connectivity index (χ4n) is 3.07. The maximum Gasteiger partial charge on any atom is 0.0594 e. The summed E-state index contributed by atoms with van der Waals surface area (Å²) in [7, 11) is 2.12. The second kappa shape index (κ2) is 13.6. The molecule has 0 aliphatic carbocycles. The van der Waals surface area contributed by atoms with Gasteiger partial charge in [-0.15, -0.1) is 0 Å². The molecule has 0 aromatic carbocycles. The first-order chi connectivity index (χ1) is 10.0. The second-order valence-corrected chi connectivity index (χ2v) is 7.46. The van der Waals surface area contributed by atoms with E-state index in [0.717, 1.165) is 11.8 Å². The van der Waals surface area contributed by atoms with Crippen molar-refractivity contribution >= 4 is 0 Å². The minimum atomic E-state index is 0.561. The van der Waals surface area contributed by atoms with Crippen LogP contribution < -0.4 is 5.32 Å². The van der Waals surface area contributed by atoms with E-state index in [1.54, 1.807) is 0 Å². The van der Waals surface area contributed by atoms with Crippen molar-refractivity contribution in [3.8, 4) is 0 Å². The van der Waals surface area contributed by atoms with Crippen molar-refractivity contribution in [2.45, 2.75) is 92.2 Å². The molecular formula is C19H42N2. The van der Waals surface area contributed by atoms with Crippen LogP contribution in [0.2, 0.25) is 0 Å². The fourth-order valence-corrected chi connectivity index (χ4v) is 3.07. The van der Waals surface area contributed by atoms with Crippen molar-refractivity contribution in [2.75, 3.05) is 20.1 Å². The number of unbranched alkanes of at least 4 members (excludes halogenated alkanes) is 6.